The first-order valence-corrected chi connectivity index (χ1v) is 18.8. The van der Waals surface area contributed by atoms with Crippen LogP contribution in [0.5, 0.6) is 0 Å². The maximum atomic E-state index is 12.3. The quantitative estimate of drug-likeness (QED) is 0.0698. The molecule has 0 atom stereocenters. The fraction of sp³-hybridized carbons (Fsp3) is 0.730. The average Bonchev–Trinajstić information content (AvgIpc) is 3.43. The first-order chi connectivity index (χ1) is 27.0. The molecular weight excluding hydrogens is 728 g/mol. The third kappa shape index (κ3) is 25.6. The van der Waals surface area contributed by atoms with E-state index < -0.39 is 5.97 Å². The number of imide groups is 1. The smallest absolute Gasteiger partial charge is 0.303 e. The van der Waals surface area contributed by atoms with Gasteiger partial charge in [0, 0.05) is 19.6 Å². The van der Waals surface area contributed by atoms with Crippen LogP contribution in [0.4, 0.5) is 0 Å². The standard InChI is InChI=1S/C37H60N2O16/c40-34(6-7-35(41)42)38-8-3-10-45-12-14-47-16-18-49-20-22-51-24-26-53-28-30-55-31-29-54-27-25-52-23-21-50-19-17-48-15-13-46-11-9-39-36(43)32-4-1-2-5-33(32)37(39)44/h1-2,4-5H,3,6-31H2,(H,38,40)(H,41,42). The summed E-state index contributed by atoms with van der Waals surface area (Å²) in [6.45, 7) is 10.3. The van der Waals surface area contributed by atoms with Crippen molar-refractivity contribution in [2.24, 2.45) is 0 Å². The molecule has 0 aromatic heterocycles. The minimum absolute atomic E-state index is 0.0166. The van der Waals surface area contributed by atoms with Crippen LogP contribution in [0.25, 0.3) is 0 Å². The second kappa shape index (κ2) is 34.1. The highest BCUT2D eigenvalue weighted by Gasteiger charge is 2.34. The van der Waals surface area contributed by atoms with E-state index in [0.717, 1.165) is 0 Å². The Labute approximate surface area is 323 Å². The molecule has 0 spiro atoms. The third-order valence-corrected chi connectivity index (χ3v) is 7.41. The number of carboxylic acids is 1. The molecule has 0 fully saturated rings. The van der Waals surface area contributed by atoms with Gasteiger partial charge in [-0.3, -0.25) is 24.1 Å². The minimum Gasteiger partial charge on any atom is -0.481 e. The zero-order chi connectivity index (χ0) is 39.4. The summed E-state index contributed by atoms with van der Waals surface area (Å²) in [4.78, 5) is 47.6. The lowest BCUT2D eigenvalue weighted by Crippen LogP contribution is -2.33. The Bertz CT molecular complexity index is 1130. The second-order valence-electron chi connectivity index (χ2n) is 11.6. The number of carboxylic acid groups (broad SMARTS) is 1. The molecule has 1 aromatic carbocycles. The van der Waals surface area contributed by atoms with E-state index in [-0.39, 0.29) is 43.7 Å². The van der Waals surface area contributed by atoms with Crippen LogP contribution < -0.4 is 5.32 Å². The van der Waals surface area contributed by atoms with Gasteiger partial charge in [0.05, 0.1) is 163 Å². The highest BCUT2D eigenvalue weighted by atomic mass is 16.6. The summed E-state index contributed by atoms with van der Waals surface area (Å²) in [5.41, 5.74) is 0.870. The highest BCUT2D eigenvalue weighted by molar-refractivity contribution is 6.21. The fourth-order valence-corrected chi connectivity index (χ4v) is 4.61. The van der Waals surface area contributed by atoms with Crippen molar-refractivity contribution in [1.82, 2.24) is 10.2 Å². The number of rotatable bonds is 40. The van der Waals surface area contributed by atoms with Crippen molar-refractivity contribution in [3.8, 4) is 0 Å². The number of carbonyl (C=O) groups excluding carboxylic acids is 3. The molecule has 0 saturated carbocycles. The van der Waals surface area contributed by atoms with Gasteiger partial charge in [0.2, 0.25) is 5.91 Å². The van der Waals surface area contributed by atoms with E-state index in [0.29, 0.717) is 163 Å². The Hall–Kier alpha value is -3.14. The van der Waals surface area contributed by atoms with Crippen LogP contribution >= 0.6 is 0 Å². The molecule has 1 heterocycles. The summed E-state index contributed by atoms with van der Waals surface area (Å²) in [5, 5.41) is 11.2. The number of carbonyl (C=O) groups is 4. The SMILES string of the molecule is O=C(O)CCC(=O)NCCCOCCOCCOCCOCCOCCOCCOCCOCCOCCOCCOCCN1C(=O)c2ccccc2C1=O. The lowest BCUT2D eigenvalue weighted by atomic mass is 10.1. The van der Waals surface area contributed by atoms with Crippen LogP contribution in [0.15, 0.2) is 24.3 Å². The van der Waals surface area contributed by atoms with Gasteiger partial charge < -0.3 is 62.5 Å². The molecule has 2 N–H and O–H groups in total. The normalized spacial score (nSPS) is 12.5. The molecule has 1 aliphatic heterocycles. The van der Waals surface area contributed by atoms with Crippen molar-refractivity contribution >= 4 is 23.7 Å². The van der Waals surface area contributed by atoms with Crippen molar-refractivity contribution < 1.29 is 76.4 Å². The topological polar surface area (TPSA) is 205 Å². The zero-order valence-corrected chi connectivity index (χ0v) is 31.9. The highest BCUT2D eigenvalue weighted by Crippen LogP contribution is 2.21. The maximum Gasteiger partial charge on any atom is 0.303 e. The van der Waals surface area contributed by atoms with Gasteiger partial charge in [-0.1, -0.05) is 12.1 Å². The average molecular weight is 789 g/mol. The molecular formula is C37H60N2O16. The first-order valence-electron chi connectivity index (χ1n) is 18.8. The Kier molecular flexibility index (Phi) is 29.8. The Morgan fingerprint density at radius 3 is 1.11 bits per heavy atom. The fourth-order valence-electron chi connectivity index (χ4n) is 4.61. The number of fused-ring (bicyclic) bond motifs is 1. The molecule has 0 bridgehead atoms. The Balaban J connectivity index is 1.16. The maximum absolute atomic E-state index is 12.3. The van der Waals surface area contributed by atoms with Gasteiger partial charge in [-0.15, -0.1) is 0 Å². The van der Waals surface area contributed by atoms with E-state index in [4.69, 9.17) is 57.2 Å². The number of benzene rings is 1. The van der Waals surface area contributed by atoms with Crippen LogP contribution in [-0.4, -0.2) is 192 Å². The van der Waals surface area contributed by atoms with E-state index in [9.17, 15) is 19.2 Å². The van der Waals surface area contributed by atoms with Crippen molar-refractivity contribution in [3.63, 3.8) is 0 Å². The van der Waals surface area contributed by atoms with E-state index in [1.807, 2.05) is 0 Å². The van der Waals surface area contributed by atoms with Gasteiger partial charge in [-0.25, -0.2) is 0 Å². The molecule has 55 heavy (non-hydrogen) atoms. The van der Waals surface area contributed by atoms with E-state index in [1.165, 1.54) is 4.90 Å². The van der Waals surface area contributed by atoms with Gasteiger partial charge in [0.1, 0.15) is 0 Å². The molecule has 18 nitrogen and oxygen atoms in total. The molecule has 0 aliphatic carbocycles. The molecule has 0 radical (unpaired) electrons. The van der Waals surface area contributed by atoms with Gasteiger partial charge in [0.25, 0.3) is 11.8 Å². The number of nitrogens with one attached hydrogen (secondary N) is 1. The molecule has 3 amide bonds. The minimum atomic E-state index is -0.988. The van der Waals surface area contributed by atoms with Crippen molar-refractivity contribution in [2.75, 3.05) is 158 Å². The van der Waals surface area contributed by atoms with E-state index >= 15 is 0 Å². The molecule has 0 unspecified atom stereocenters. The Morgan fingerprint density at radius 1 is 0.473 bits per heavy atom. The summed E-state index contributed by atoms with van der Waals surface area (Å²) >= 11 is 0. The van der Waals surface area contributed by atoms with E-state index in [1.54, 1.807) is 24.3 Å². The predicted molar refractivity (Wildman–Crippen MR) is 195 cm³/mol. The van der Waals surface area contributed by atoms with Gasteiger partial charge in [-0.05, 0) is 18.6 Å². The van der Waals surface area contributed by atoms with Gasteiger partial charge in [-0.2, -0.15) is 0 Å². The number of nitrogens with zero attached hydrogens (tertiary/aromatic N) is 1. The van der Waals surface area contributed by atoms with Crippen molar-refractivity contribution in [1.29, 1.82) is 0 Å². The first kappa shape index (κ1) is 48.0. The summed E-state index contributed by atoms with van der Waals surface area (Å²) in [5.74, 6) is -1.83. The number of hydrogen-bond donors (Lipinski definition) is 2. The lowest BCUT2D eigenvalue weighted by molar-refractivity contribution is -0.138. The van der Waals surface area contributed by atoms with Gasteiger partial charge >= 0.3 is 5.97 Å². The van der Waals surface area contributed by atoms with Crippen molar-refractivity contribution in [2.45, 2.75) is 19.3 Å². The lowest BCUT2D eigenvalue weighted by Gasteiger charge is -2.13. The summed E-state index contributed by atoms with van der Waals surface area (Å²) in [7, 11) is 0. The number of hydrogen-bond acceptors (Lipinski definition) is 15. The van der Waals surface area contributed by atoms with Crippen LogP contribution in [0.1, 0.15) is 40.0 Å². The molecule has 314 valence electrons. The molecule has 1 aromatic rings. The number of aliphatic carboxylic acids is 1. The van der Waals surface area contributed by atoms with Crippen LogP contribution in [0.3, 0.4) is 0 Å². The number of ether oxygens (including phenoxy) is 11. The summed E-state index contributed by atoms with van der Waals surface area (Å²) in [6, 6.07) is 6.80. The molecule has 0 saturated heterocycles. The summed E-state index contributed by atoms with van der Waals surface area (Å²) < 4.78 is 60.1. The zero-order valence-electron chi connectivity index (χ0n) is 31.9. The van der Waals surface area contributed by atoms with E-state index in [2.05, 4.69) is 5.32 Å². The molecule has 2 rings (SSSR count). The molecule has 1 aliphatic rings. The van der Waals surface area contributed by atoms with Gasteiger partial charge in [0.15, 0.2) is 0 Å². The monoisotopic (exact) mass is 788 g/mol. The van der Waals surface area contributed by atoms with Crippen LogP contribution in [0.2, 0.25) is 0 Å². The predicted octanol–water partition coefficient (Wildman–Crippen LogP) is 0.836. The third-order valence-electron chi connectivity index (χ3n) is 7.41. The largest absolute Gasteiger partial charge is 0.481 e. The second-order valence-corrected chi connectivity index (χ2v) is 11.6. The molecule has 18 heteroatoms. The number of amides is 3. The summed E-state index contributed by atoms with van der Waals surface area (Å²) in [6.07, 6.45) is 0.457. The van der Waals surface area contributed by atoms with Crippen LogP contribution in [-0.2, 0) is 61.7 Å². The Morgan fingerprint density at radius 2 is 0.782 bits per heavy atom. The van der Waals surface area contributed by atoms with Crippen molar-refractivity contribution in [3.05, 3.63) is 35.4 Å². The van der Waals surface area contributed by atoms with Crippen LogP contribution in [0, 0.1) is 0 Å².